The highest BCUT2D eigenvalue weighted by molar-refractivity contribution is 6.04. The molecule has 192 valence electrons. The number of hydrogen-bond donors (Lipinski definition) is 1. The Balaban J connectivity index is 1.31. The predicted molar refractivity (Wildman–Crippen MR) is 156 cm³/mol. The first kappa shape index (κ1) is 24.4. The molecule has 6 rings (SSSR count). The summed E-state index contributed by atoms with van der Waals surface area (Å²) in [7, 11) is 0. The fourth-order valence-electron chi connectivity index (χ4n) is 5.72. The van der Waals surface area contributed by atoms with E-state index < -0.39 is 6.10 Å². The fraction of sp³-hybridized carbons (Fsp3) is 0.242. The first-order valence-corrected chi connectivity index (χ1v) is 13.5. The van der Waals surface area contributed by atoms with Crippen LogP contribution in [0.5, 0.6) is 0 Å². The molecule has 1 fully saturated rings. The molecule has 5 heteroatoms. The van der Waals surface area contributed by atoms with Gasteiger partial charge in [-0.05, 0) is 42.3 Å². The SMILES string of the molecule is Cc1ccc2c(c1)c(-c1ccccc1)c(-c1ccccc1)n2C[C@@H](O)CN1CCN(c2ccccn2)CC1. The van der Waals surface area contributed by atoms with Gasteiger partial charge in [-0.1, -0.05) is 78.4 Å². The normalized spacial score (nSPS) is 15.2. The van der Waals surface area contributed by atoms with Crippen molar-refractivity contribution in [3.8, 4) is 22.4 Å². The summed E-state index contributed by atoms with van der Waals surface area (Å²) < 4.78 is 2.33. The van der Waals surface area contributed by atoms with Crippen molar-refractivity contribution >= 4 is 16.7 Å². The minimum atomic E-state index is -0.487. The van der Waals surface area contributed by atoms with E-state index in [1.54, 1.807) is 0 Å². The molecule has 3 aromatic carbocycles. The van der Waals surface area contributed by atoms with Crippen molar-refractivity contribution in [2.45, 2.75) is 19.6 Å². The molecule has 5 nitrogen and oxygen atoms in total. The molecule has 1 N–H and O–H groups in total. The average molecular weight is 503 g/mol. The molecule has 5 aromatic rings. The molecule has 0 saturated carbocycles. The number of nitrogens with zero attached hydrogens (tertiary/aromatic N) is 4. The summed E-state index contributed by atoms with van der Waals surface area (Å²) in [4.78, 5) is 9.20. The van der Waals surface area contributed by atoms with Crippen LogP contribution in [0.15, 0.2) is 103 Å². The first-order chi connectivity index (χ1) is 18.7. The van der Waals surface area contributed by atoms with E-state index in [4.69, 9.17) is 0 Å². The molecule has 0 unspecified atom stereocenters. The van der Waals surface area contributed by atoms with Crippen molar-refractivity contribution in [3.63, 3.8) is 0 Å². The lowest BCUT2D eigenvalue weighted by atomic mass is 9.98. The summed E-state index contributed by atoms with van der Waals surface area (Å²) in [6.07, 6.45) is 1.36. The van der Waals surface area contributed by atoms with Crippen LogP contribution in [-0.4, -0.2) is 58.4 Å². The highest BCUT2D eigenvalue weighted by Gasteiger charge is 2.24. The summed E-state index contributed by atoms with van der Waals surface area (Å²) in [6.45, 7) is 7.01. The van der Waals surface area contributed by atoms with Gasteiger partial charge in [0.2, 0.25) is 0 Å². The standard InChI is InChI=1S/C33H34N4O/c1-25-15-16-30-29(22-25)32(26-10-4-2-5-11-26)33(27-12-6-3-7-13-27)37(30)24-28(38)23-35-18-20-36(21-19-35)31-14-8-9-17-34-31/h2-17,22,28,38H,18-21,23-24H2,1H3/t28-/m0/s1. The zero-order valence-electron chi connectivity index (χ0n) is 21.9. The van der Waals surface area contributed by atoms with E-state index >= 15 is 0 Å². The Labute approximate surface area is 224 Å². The number of hydrogen-bond acceptors (Lipinski definition) is 4. The molecular weight excluding hydrogens is 468 g/mol. The number of piperazine rings is 1. The molecule has 3 heterocycles. The smallest absolute Gasteiger partial charge is 0.128 e. The Morgan fingerprint density at radius 2 is 1.45 bits per heavy atom. The Hall–Kier alpha value is -3.93. The number of benzene rings is 3. The van der Waals surface area contributed by atoms with Gasteiger partial charge in [0.25, 0.3) is 0 Å². The van der Waals surface area contributed by atoms with E-state index in [9.17, 15) is 5.11 Å². The molecule has 38 heavy (non-hydrogen) atoms. The van der Waals surface area contributed by atoms with Crippen molar-refractivity contribution in [1.29, 1.82) is 0 Å². The van der Waals surface area contributed by atoms with Gasteiger partial charge in [0.05, 0.1) is 18.3 Å². The second-order valence-corrected chi connectivity index (χ2v) is 10.2. The molecule has 1 saturated heterocycles. The summed E-state index contributed by atoms with van der Waals surface area (Å²) in [6, 6.07) is 33.9. The second-order valence-electron chi connectivity index (χ2n) is 10.2. The van der Waals surface area contributed by atoms with Crippen molar-refractivity contribution in [3.05, 3.63) is 109 Å². The molecule has 2 aromatic heterocycles. The maximum atomic E-state index is 11.4. The van der Waals surface area contributed by atoms with E-state index in [-0.39, 0.29) is 0 Å². The first-order valence-electron chi connectivity index (χ1n) is 13.5. The van der Waals surface area contributed by atoms with E-state index in [1.165, 1.54) is 22.1 Å². The van der Waals surface area contributed by atoms with E-state index in [0.29, 0.717) is 13.1 Å². The summed E-state index contributed by atoms with van der Waals surface area (Å²) >= 11 is 0. The Bertz CT molecular complexity index is 1490. The van der Waals surface area contributed by atoms with Gasteiger partial charge in [0, 0.05) is 55.4 Å². The second kappa shape index (κ2) is 10.8. The van der Waals surface area contributed by atoms with Crippen molar-refractivity contribution in [2.24, 2.45) is 0 Å². The molecule has 1 aliphatic rings. The number of rotatable bonds is 7. The van der Waals surface area contributed by atoms with Crippen molar-refractivity contribution in [2.75, 3.05) is 37.6 Å². The number of aryl methyl sites for hydroxylation is 1. The van der Waals surface area contributed by atoms with E-state index in [0.717, 1.165) is 48.8 Å². The zero-order valence-corrected chi connectivity index (χ0v) is 21.9. The number of β-amino-alcohol motifs (C(OH)–C–C–N with tert-alkyl or cyclic N) is 1. The van der Waals surface area contributed by atoms with Crippen LogP contribution in [0.25, 0.3) is 33.3 Å². The quantitative estimate of drug-likeness (QED) is 0.303. The monoisotopic (exact) mass is 502 g/mol. The number of aromatic nitrogens is 2. The summed E-state index contributed by atoms with van der Waals surface area (Å²) in [5.74, 6) is 1.03. The maximum Gasteiger partial charge on any atom is 0.128 e. The topological polar surface area (TPSA) is 44.5 Å². The third kappa shape index (κ3) is 4.95. The highest BCUT2D eigenvalue weighted by Crippen LogP contribution is 2.41. The largest absolute Gasteiger partial charge is 0.390 e. The number of fused-ring (bicyclic) bond motifs is 1. The molecule has 1 aliphatic heterocycles. The molecular formula is C33H34N4O. The maximum absolute atomic E-state index is 11.4. The highest BCUT2D eigenvalue weighted by atomic mass is 16.3. The van der Waals surface area contributed by atoms with Gasteiger partial charge < -0.3 is 14.6 Å². The molecule has 0 radical (unpaired) electrons. The minimum Gasteiger partial charge on any atom is -0.390 e. The van der Waals surface area contributed by atoms with Crippen LogP contribution in [0, 0.1) is 6.92 Å². The molecule has 1 atom stereocenters. The van der Waals surface area contributed by atoms with Gasteiger partial charge in [-0.2, -0.15) is 0 Å². The van der Waals surface area contributed by atoms with Gasteiger partial charge in [-0.25, -0.2) is 4.98 Å². The van der Waals surface area contributed by atoms with E-state index in [1.807, 2.05) is 18.3 Å². The fourth-order valence-corrected chi connectivity index (χ4v) is 5.72. The van der Waals surface area contributed by atoms with Crippen LogP contribution in [0.1, 0.15) is 5.56 Å². The van der Waals surface area contributed by atoms with Crippen LogP contribution in [0.3, 0.4) is 0 Å². The number of anilines is 1. The van der Waals surface area contributed by atoms with Crippen LogP contribution in [0.2, 0.25) is 0 Å². The van der Waals surface area contributed by atoms with Gasteiger partial charge in [-0.15, -0.1) is 0 Å². The summed E-state index contributed by atoms with van der Waals surface area (Å²) in [5.41, 5.74) is 7.14. The lowest BCUT2D eigenvalue weighted by Gasteiger charge is -2.36. The number of aliphatic hydroxyl groups is 1. The van der Waals surface area contributed by atoms with Crippen LogP contribution < -0.4 is 4.90 Å². The third-order valence-electron chi connectivity index (χ3n) is 7.54. The van der Waals surface area contributed by atoms with Crippen LogP contribution >= 0.6 is 0 Å². The van der Waals surface area contributed by atoms with Gasteiger partial charge in [0.1, 0.15) is 5.82 Å². The zero-order chi connectivity index (χ0) is 25.9. The van der Waals surface area contributed by atoms with E-state index in [2.05, 4.69) is 111 Å². The molecule has 0 bridgehead atoms. The van der Waals surface area contributed by atoms with Gasteiger partial charge in [-0.3, -0.25) is 4.90 Å². The Morgan fingerprint density at radius 1 is 0.763 bits per heavy atom. The third-order valence-corrected chi connectivity index (χ3v) is 7.54. The molecule has 0 spiro atoms. The minimum absolute atomic E-state index is 0.487. The van der Waals surface area contributed by atoms with Crippen LogP contribution in [0.4, 0.5) is 5.82 Å². The summed E-state index contributed by atoms with van der Waals surface area (Å²) in [5, 5.41) is 12.6. The average Bonchev–Trinajstić information content (AvgIpc) is 3.27. The Kier molecular flexibility index (Phi) is 6.95. The van der Waals surface area contributed by atoms with Gasteiger partial charge >= 0.3 is 0 Å². The molecule has 0 amide bonds. The van der Waals surface area contributed by atoms with Gasteiger partial charge in [0.15, 0.2) is 0 Å². The van der Waals surface area contributed by atoms with Crippen molar-refractivity contribution in [1.82, 2.24) is 14.5 Å². The molecule has 0 aliphatic carbocycles. The number of pyridine rings is 1. The van der Waals surface area contributed by atoms with Crippen molar-refractivity contribution < 1.29 is 5.11 Å². The van der Waals surface area contributed by atoms with Crippen LogP contribution in [-0.2, 0) is 6.54 Å². The number of aliphatic hydroxyl groups excluding tert-OH is 1. The lowest BCUT2D eigenvalue weighted by molar-refractivity contribution is 0.0963. The lowest BCUT2D eigenvalue weighted by Crippen LogP contribution is -2.49. The Morgan fingerprint density at radius 3 is 2.13 bits per heavy atom. The predicted octanol–water partition coefficient (Wildman–Crippen LogP) is 5.86.